The summed E-state index contributed by atoms with van der Waals surface area (Å²) in [4.78, 5) is 22.1. The number of piperidine rings is 1. The molecule has 0 radical (unpaired) electrons. The lowest BCUT2D eigenvalue weighted by Gasteiger charge is -2.31. The zero-order valence-corrected chi connectivity index (χ0v) is 14.2. The number of likely N-dealkylation sites (tertiary alicyclic amines) is 1. The molecule has 0 aromatic carbocycles. The van der Waals surface area contributed by atoms with Crippen molar-refractivity contribution in [1.82, 2.24) is 19.4 Å². The second-order valence-corrected chi connectivity index (χ2v) is 6.33. The lowest BCUT2D eigenvalue weighted by Crippen LogP contribution is -2.39. The van der Waals surface area contributed by atoms with Crippen LogP contribution in [0, 0.1) is 13.8 Å². The smallest absolute Gasteiger partial charge is 0.434 e. The highest BCUT2D eigenvalue weighted by Gasteiger charge is 2.37. The van der Waals surface area contributed by atoms with Gasteiger partial charge in [0, 0.05) is 39.2 Å². The van der Waals surface area contributed by atoms with Crippen LogP contribution in [0.1, 0.15) is 52.4 Å². The summed E-state index contributed by atoms with van der Waals surface area (Å²) in [6.07, 6.45) is -2.12. The van der Waals surface area contributed by atoms with Crippen molar-refractivity contribution in [2.75, 3.05) is 13.1 Å². The normalized spacial score (nSPS) is 18.6. The van der Waals surface area contributed by atoms with Gasteiger partial charge >= 0.3 is 6.18 Å². The minimum Gasteiger partial charge on any atom is -0.436 e. The standard InChI is InChI=1S/C16H19F3N4O2/c1-9-13(25-10(2)20-9)15(24)23-6-4-5-11(7-23)14-21-12(8-22(14)3)16(17,18)19/h8,11H,4-7H2,1-3H3. The molecule has 1 unspecified atom stereocenters. The number of carbonyl (C=O) groups is 1. The van der Waals surface area contributed by atoms with Crippen LogP contribution in [0.2, 0.25) is 0 Å². The van der Waals surface area contributed by atoms with Crippen LogP contribution < -0.4 is 0 Å². The third kappa shape index (κ3) is 3.40. The van der Waals surface area contributed by atoms with E-state index >= 15 is 0 Å². The van der Waals surface area contributed by atoms with Crippen molar-refractivity contribution in [2.45, 2.75) is 38.8 Å². The van der Waals surface area contributed by atoms with Gasteiger partial charge in [0.2, 0.25) is 5.76 Å². The molecule has 1 amide bonds. The monoisotopic (exact) mass is 356 g/mol. The fourth-order valence-electron chi connectivity index (χ4n) is 3.24. The molecule has 1 aliphatic rings. The quantitative estimate of drug-likeness (QED) is 0.830. The molecule has 25 heavy (non-hydrogen) atoms. The lowest BCUT2D eigenvalue weighted by atomic mass is 9.97. The number of aromatic nitrogens is 3. The zero-order chi connectivity index (χ0) is 18.4. The second kappa shape index (κ2) is 6.20. The van der Waals surface area contributed by atoms with Crippen LogP contribution in [-0.4, -0.2) is 38.4 Å². The van der Waals surface area contributed by atoms with Crippen LogP contribution in [0.3, 0.4) is 0 Å². The third-order valence-electron chi connectivity index (χ3n) is 4.37. The summed E-state index contributed by atoms with van der Waals surface area (Å²) in [6, 6.07) is 0. The Balaban J connectivity index is 1.81. The number of hydrogen-bond donors (Lipinski definition) is 0. The van der Waals surface area contributed by atoms with Crippen LogP contribution in [0.15, 0.2) is 10.6 Å². The van der Waals surface area contributed by atoms with Crippen molar-refractivity contribution in [3.8, 4) is 0 Å². The predicted octanol–water partition coefficient (Wildman–Crippen LogP) is 3.06. The number of rotatable bonds is 2. The highest BCUT2D eigenvalue weighted by atomic mass is 19.4. The maximum absolute atomic E-state index is 12.9. The van der Waals surface area contributed by atoms with E-state index in [0.29, 0.717) is 43.3 Å². The first-order chi connectivity index (χ1) is 11.7. The Bertz CT molecular complexity index is 794. The van der Waals surface area contributed by atoms with Gasteiger partial charge in [-0.05, 0) is 19.8 Å². The molecule has 0 saturated carbocycles. The number of amides is 1. The zero-order valence-electron chi connectivity index (χ0n) is 14.2. The van der Waals surface area contributed by atoms with Gasteiger partial charge in [0.05, 0.1) is 5.69 Å². The SMILES string of the molecule is Cc1nc(C)c(C(=O)N2CCCC(c3nc(C(F)(F)F)cn3C)C2)o1. The Morgan fingerprint density at radius 3 is 2.60 bits per heavy atom. The first-order valence-corrected chi connectivity index (χ1v) is 8.00. The fraction of sp³-hybridized carbons (Fsp3) is 0.562. The predicted molar refractivity (Wildman–Crippen MR) is 82.1 cm³/mol. The van der Waals surface area contributed by atoms with Crippen molar-refractivity contribution < 1.29 is 22.4 Å². The summed E-state index contributed by atoms with van der Waals surface area (Å²) in [5, 5.41) is 0. The number of carbonyl (C=O) groups excluding carboxylic acids is 1. The molecule has 1 fully saturated rings. The van der Waals surface area contributed by atoms with Crippen molar-refractivity contribution >= 4 is 5.91 Å². The van der Waals surface area contributed by atoms with E-state index in [-0.39, 0.29) is 17.6 Å². The van der Waals surface area contributed by atoms with Crippen LogP contribution in [-0.2, 0) is 13.2 Å². The molecule has 1 saturated heterocycles. The van der Waals surface area contributed by atoms with Crippen LogP contribution in [0.4, 0.5) is 13.2 Å². The molecule has 136 valence electrons. The second-order valence-electron chi connectivity index (χ2n) is 6.33. The maximum atomic E-state index is 12.9. The number of alkyl halides is 3. The van der Waals surface area contributed by atoms with Gasteiger partial charge in [0.1, 0.15) is 5.82 Å². The Morgan fingerprint density at radius 2 is 2.04 bits per heavy atom. The van der Waals surface area contributed by atoms with E-state index in [9.17, 15) is 18.0 Å². The van der Waals surface area contributed by atoms with Gasteiger partial charge < -0.3 is 13.9 Å². The summed E-state index contributed by atoms with van der Waals surface area (Å²) < 4.78 is 45.4. The van der Waals surface area contributed by atoms with E-state index in [1.165, 1.54) is 4.57 Å². The number of imidazole rings is 1. The number of halogens is 3. The summed E-state index contributed by atoms with van der Waals surface area (Å²) in [7, 11) is 1.54. The molecular weight excluding hydrogens is 337 g/mol. The van der Waals surface area contributed by atoms with E-state index < -0.39 is 11.9 Å². The van der Waals surface area contributed by atoms with Crippen LogP contribution in [0.25, 0.3) is 0 Å². The Kier molecular flexibility index (Phi) is 4.34. The largest absolute Gasteiger partial charge is 0.436 e. The summed E-state index contributed by atoms with van der Waals surface area (Å²) in [5.41, 5.74) is -0.392. The Labute approximate surface area is 142 Å². The molecule has 2 aromatic rings. The van der Waals surface area contributed by atoms with E-state index in [4.69, 9.17) is 4.42 Å². The number of nitrogens with zero attached hydrogens (tertiary/aromatic N) is 4. The third-order valence-corrected chi connectivity index (χ3v) is 4.37. The average molecular weight is 356 g/mol. The van der Waals surface area contributed by atoms with Gasteiger partial charge in [0.25, 0.3) is 5.91 Å². The first-order valence-electron chi connectivity index (χ1n) is 8.00. The lowest BCUT2D eigenvalue weighted by molar-refractivity contribution is -0.141. The molecule has 0 bridgehead atoms. The van der Waals surface area contributed by atoms with Gasteiger partial charge in [0.15, 0.2) is 11.6 Å². The highest BCUT2D eigenvalue weighted by molar-refractivity contribution is 5.92. The van der Waals surface area contributed by atoms with Crippen molar-refractivity contribution in [3.05, 3.63) is 35.1 Å². The maximum Gasteiger partial charge on any atom is 0.434 e. The molecule has 3 heterocycles. The molecule has 1 atom stereocenters. The summed E-state index contributed by atoms with van der Waals surface area (Å²) >= 11 is 0. The topological polar surface area (TPSA) is 64.2 Å². The van der Waals surface area contributed by atoms with Gasteiger partial charge in [-0.2, -0.15) is 13.2 Å². The minimum absolute atomic E-state index is 0.189. The van der Waals surface area contributed by atoms with Crippen molar-refractivity contribution in [3.63, 3.8) is 0 Å². The Morgan fingerprint density at radius 1 is 1.32 bits per heavy atom. The highest BCUT2D eigenvalue weighted by Crippen LogP contribution is 2.32. The minimum atomic E-state index is -4.48. The number of aryl methyl sites for hydroxylation is 3. The molecular formula is C16H19F3N4O2. The molecule has 0 spiro atoms. The van der Waals surface area contributed by atoms with E-state index in [2.05, 4.69) is 9.97 Å². The number of oxazole rings is 1. The molecule has 3 rings (SSSR count). The van der Waals surface area contributed by atoms with Gasteiger partial charge in [-0.3, -0.25) is 4.79 Å². The van der Waals surface area contributed by atoms with E-state index in [1.807, 2.05) is 0 Å². The van der Waals surface area contributed by atoms with E-state index in [1.54, 1.807) is 25.8 Å². The van der Waals surface area contributed by atoms with Crippen LogP contribution in [0.5, 0.6) is 0 Å². The van der Waals surface area contributed by atoms with Crippen LogP contribution >= 0.6 is 0 Å². The molecule has 2 aromatic heterocycles. The molecule has 9 heteroatoms. The molecule has 0 N–H and O–H groups in total. The number of hydrogen-bond acceptors (Lipinski definition) is 4. The van der Waals surface area contributed by atoms with Gasteiger partial charge in [-0.15, -0.1) is 0 Å². The van der Waals surface area contributed by atoms with E-state index in [0.717, 1.165) is 6.20 Å². The Hall–Kier alpha value is -2.32. The van der Waals surface area contributed by atoms with Crippen molar-refractivity contribution in [1.29, 1.82) is 0 Å². The van der Waals surface area contributed by atoms with Gasteiger partial charge in [-0.25, -0.2) is 9.97 Å². The average Bonchev–Trinajstić information content (AvgIpc) is 3.09. The summed E-state index contributed by atoms with van der Waals surface area (Å²) in [6.45, 7) is 4.19. The molecule has 0 aliphatic carbocycles. The first kappa shape index (κ1) is 17.5. The van der Waals surface area contributed by atoms with Gasteiger partial charge in [-0.1, -0.05) is 0 Å². The fourth-order valence-corrected chi connectivity index (χ4v) is 3.24. The van der Waals surface area contributed by atoms with Crippen molar-refractivity contribution in [2.24, 2.45) is 7.05 Å². The summed E-state index contributed by atoms with van der Waals surface area (Å²) in [5.74, 6) is 0.411. The molecule has 6 nitrogen and oxygen atoms in total. The molecule has 1 aliphatic heterocycles.